The van der Waals surface area contributed by atoms with Crippen molar-refractivity contribution in [1.82, 2.24) is 4.98 Å². The molecule has 1 aromatic heterocycles. The predicted octanol–water partition coefficient (Wildman–Crippen LogP) is 0.770. The fourth-order valence-corrected chi connectivity index (χ4v) is 0.838. The first-order valence-electron chi connectivity index (χ1n) is 3.43. The molecule has 0 unspecified atom stereocenters. The highest BCUT2D eigenvalue weighted by Gasteiger charge is 2.10. The Morgan fingerprint density at radius 3 is 2.92 bits per heavy atom. The summed E-state index contributed by atoms with van der Waals surface area (Å²) in [5.74, 6) is 1.53. The number of carboxylic acid groups (broad SMARTS) is 1. The maximum Gasteiger partial charge on any atom is 0.355 e. The largest absolute Gasteiger partial charge is 0.495 e. The number of terminal acetylenes is 1. The summed E-state index contributed by atoms with van der Waals surface area (Å²) < 4.78 is 4.84. The summed E-state index contributed by atoms with van der Waals surface area (Å²) in [6.45, 7) is 0. The zero-order chi connectivity index (χ0) is 9.84. The zero-order valence-corrected chi connectivity index (χ0v) is 6.94. The maximum absolute atomic E-state index is 10.6. The Balaban J connectivity index is 3.26. The van der Waals surface area contributed by atoms with E-state index in [2.05, 4.69) is 10.9 Å². The van der Waals surface area contributed by atoms with Gasteiger partial charge in [-0.25, -0.2) is 9.78 Å². The van der Waals surface area contributed by atoms with Crippen molar-refractivity contribution in [3.8, 4) is 18.1 Å². The van der Waals surface area contributed by atoms with Crippen LogP contribution >= 0.6 is 0 Å². The van der Waals surface area contributed by atoms with Crippen molar-refractivity contribution < 1.29 is 14.6 Å². The predicted molar refractivity (Wildman–Crippen MR) is 45.7 cm³/mol. The molecule has 1 rings (SSSR count). The van der Waals surface area contributed by atoms with Gasteiger partial charge in [-0.15, -0.1) is 6.42 Å². The van der Waals surface area contributed by atoms with E-state index < -0.39 is 5.97 Å². The Kier molecular flexibility index (Phi) is 2.50. The van der Waals surface area contributed by atoms with Gasteiger partial charge in [-0.2, -0.15) is 0 Å². The van der Waals surface area contributed by atoms with E-state index in [9.17, 15) is 4.79 Å². The summed E-state index contributed by atoms with van der Waals surface area (Å²) in [5.41, 5.74) is 0.0788. The summed E-state index contributed by atoms with van der Waals surface area (Å²) in [6, 6.07) is 1.45. The lowest BCUT2D eigenvalue weighted by molar-refractivity contribution is 0.0690. The number of methoxy groups -OCH3 is 1. The number of ether oxygens (including phenoxy) is 1. The second-order valence-electron chi connectivity index (χ2n) is 2.22. The van der Waals surface area contributed by atoms with Crippen LogP contribution in [0, 0.1) is 12.3 Å². The highest BCUT2D eigenvalue weighted by molar-refractivity contribution is 5.88. The lowest BCUT2D eigenvalue weighted by Gasteiger charge is -2.01. The topological polar surface area (TPSA) is 59.4 Å². The standard InChI is InChI=1S/C9H7NO3/c1-3-6-4-7(13-2)5-10-8(6)9(11)12/h1,4-5H,2H3,(H,11,12). The zero-order valence-electron chi connectivity index (χ0n) is 6.94. The van der Waals surface area contributed by atoms with Crippen molar-refractivity contribution >= 4 is 5.97 Å². The number of nitrogens with zero attached hydrogens (tertiary/aromatic N) is 1. The highest BCUT2D eigenvalue weighted by Crippen LogP contribution is 2.13. The minimum absolute atomic E-state index is 0.136. The van der Waals surface area contributed by atoms with Crippen LogP contribution in [0.5, 0.6) is 5.75 Å². The van der Waals surface area contributed by atoms with Crippen LogP contribution in [-0.2, 0) is 0 Å². The summed E-state index contributed by atoms with van der Waals surface area (Å²) in [7, 11) is 1.46. The minimum atomic E-state index is -1.14. The van der Waals surface area contributed by atoms with Crippen LogP contribution < -0.4 is 4.74 Å². The molecule has 0 saturated carbocycles. The monoisotopic (exact) mass is 177 g/mol. The number of rotatable bonds is 2. The van der Waals surface area contributed by atoms with Crippen molar-refractivity contribution in [3.63, 3.8) is 0 Å². The molecule has 0 spiro atoms. The number of aromatic carboxylic acids is 1. The van der Waals surface area contributed by atoms with E-state index in [1.54, 1.807) is 0 Å². The van der Waals surface area contributed by atoms with Crippen molar-refractivity contribution in [2.45, 2.75) is 0 Å². The van der Waals surface area contributed by atoms with Gasteiger partial charge in [0.05, 0.1) is 18.9 Å². The molecular formula is C9H7NO3. The molecule has 0 fully saturated rings. The van der Waals surface area contributed by atoms with Crippen LogP contribution in [-0.4, -0.2) is 23.2 Å². The Bertz CT molecular complexity index is 379. The molecular weight excluding hydrogens is 170 g/mol. The van der Waals surface area contributed by atoms with Gasteiger partial charge in [0, 0.05) is 0 Å². The molecule has 4 heteroatoms. The SMILES string of the molecule is C#Cc1cc(OC)cnc1C(=O)O. The molecule has 0 bridgehead atoms. The van der Waals surface area contributed by atoms with Gasteiger partial charge in [-0.1, -0.05) is 5.92 Å². The lowest BCUT2D eigenvalue weighted by atomic mass is 10.2. The van der Waals surface area contributed by atoms with E-state index >= 15 is 0 Å². The van der Waals surface area contributed by atoms with Crippen molar-refractivity contribution in [2.24, 2.45) is 0 Å². The third-order valence-electron chi connectivity index (χ3n) is 1.46. The van der Waals surface area contributed by atoms with Crippen LogP contribution in [0.1, 0.15) is 16.1 Å². The first-order valence-corrected chi connectivity index (χ1v) is 3.43. The Hall–Kier alpha value is -2.02. The average molecular weight is 177 g/mol. The molecule has 0 saturated heterocycles. The lowest BCUT2D eigenvalue weighted by Crippen LogP contribution is -2.03. The third-order valence-corrected chi connectivity index (χ3v) is 1.46. The molecule has 0 aliphatic carbocycles. The van der Waals surface area contributed by atoms with Crippen molar-refractivity contribution in [2.75, 3.05) is 7.11 Å². The van der Waals surface area contributed by atoms with Crippen LogP contribution in [0.4, 0.5) is 0 Å². The number of aromatic nitrogens is 1. The maximum atomic E-state index is 10.6. The highest BCUT2D eigenvalue weighted by atomic mass is 16.5. The molecule has 1 N–H and O–H groups in total. The van der Waals surface area contributed by atoms with Gasteiger partial charge < -0.3 is 9.84 Å². The second kappa shape index (κ2) is 3.59. The summed E-state index contributed by atoms with van der Waals surface area (Å²) >= 11 is 0. The number of carbonyl (C=O) groups is 1. The third kappa shape index (κ3) is 1.76. The molecule has 1 heterocycles. The Morgan fingerprint density at radius 1 is 1.77 bits per heavy atom. The molecule has 13 heavy (non-hydrogen) atoms. The van der Waals surface area contributed by atoms with Crippen LogP contribution in [0.25, 0.3) is 0 Å². The molecule has 66 valence electrons. The van der Waals surface area contributed by atoms with Crippen LogP contribution in [0.3, 0.4) is 0 Å². The summed E-state index contributed by atoms with van der Waals surface area (Å²) in [4.78, 5) is 14.2. The molecule has 4 nitrogen and oxygen atoms in total. The van der Waals surface area contributed by atoms with Gasteiger partial charge >= 0.3 is 5.97 Å². The van der Waals surface area contributed by atoms with E-state index in [0.717, 1.165) is 0 Å². The van der Waals surface area contributed by atoms with Gasteiger partial charge in [0.1, 0.15) is 5.75 Å². The quantitative estimate of drug-likeness (QED) is 0.678. The minimum Gasteiger partial charge on any atom is -0.495 e. The smallest absolute Gasteiger partial charge is 0.355 e. The second-order valence-corrected chi connectivity index (χ2v) is 2.22. The van der Waals surface area contributed by atoms with E-state index in [1.807, 2.05) is 0 Å². The van der Waals surface area contributed by atoms with E-state index in [-0.39, 0.29) is 11.3 Å². The molecule has 0 atom stereocenters. The van der Waals surface area contributed by atoms with Crippen LogP contribution in [0.2, 0.25) is 0 Å². The van der Waals surface area contributed by atoms with E-state index in [1.165, 1.54) is 19.4 Å². The van der Waals surface area contributed by atoms with Gasteiger partial charge in [-0.3, -0.25) is 0 Å². The molecule has 1 aromatic rings. The van der Waals surface area contributed by atoms with E-state index in [4.69, 9.17) is 16.3 Å². The number of hydrogen-bond donors (Lipinski definition) is 1. The van der Waals surface area contributed by atoms with E-state index in [0.29, 0.717) is 5.75 Å². The van der Waals surface area contributed by atoms with Gasteiger partial charge in [0.2, 0.25) is 0 Å². The van der Waals surface area contributed by atoms with Crippen molar-refractivity contribution in [1.29, 1.82) is 0 Å². The Morgan fingerprint density at radius 2 is 2.46 bits per heavy atom. The molecule has 0 radical (unpaired) electrons. The first kappa shape index (κ1) is 9.07. The summed E-state index contributed by atoms with van der Waals surface area (Å²) in [5, 5.41) is 8.66. The average Bonchev–Trinajstić information content (AvgIpc) is 2.16. The number of carboxylic acids is 1. The molecule has 0 aliphatic rings. The van der Waals surface area contributed by atoms with Gasteiger partial charge in [-0.05, 0) is 6.07 Å². The van der Waals surface area contributed by atoms with Crippen molar-refractivity contribution in [3.05, 3.63) is 23.5 Å². The Labute approximate surface area is 75.2 Å². The fraction of sp³-hybridized carbons (Fsp3) is 0.111. The normalized spacial score (nSPS) is 8.92. The fourth-order valence-electron chi connectivity index (χ4n) is 0.838. The summed E-state index contributed by atoms with van der Waals surface area (Å²) in [6.07, 6.45) is 6.41. The molecule has 0 aliphatic heterocycles. The van der Waals surface area contributed by atoms with Gasteiger partial charge in [0.25, 0.3) is 0 Å². The molecule has 0 amide bonds. The first-order chi connectivity index (χ1) is 6.19. The van der Waals surface area contributed by atoms with Gasteiger partial charge in [0.15, 0.2) is 5.69 Å². The van der Waals surface area contributed by atoms with Crippen LogP contribution in [0.15, 0.2) is 12.3 Å². The molecule has 0 aromatic carbocycles. The number of pyridine rings is 1. The number of hydrogen-bond acceptors (Lipinski definition) is 3.